The monoisotopic (exact) mass is 421 g/mol. The van der Waals surface area contributed by atoms with Gasteiger partial charge in [-0.25, -0.2) is 4.79 Å². The molecule has 2 aromatic rings. The Bertz CT molecular complexity index is 893. The van der Waals surface area contributed by atoms with Crippen molar-refractivity contribution in [3.05, 3.63) is 44.8 Å². The van der Waals surface area contributed by atoms with E-state index in [1.165, 1.54) is 11.3 Å². The first-order valence-electron chi connectivity index (χ1n) is 9.42. The molecule has 0 saturated carbocycles. The van der Waals surface area contributed by atoms with E-state index < -0.39 is 0 Å². The number of fused-ring (bicyclic) bond motifs is 1. The minimum absolute atomic E-state index is 0.151. The third-order valence-corrected chi connectivity index (χ3v) is 6.39. The number of nitrogens with one attached hydrogen (secondary N) is 1. The van der Waals surface area contributed by atoms with Crippen LogP contribution in [0.15, 0.2) is 18.2 Å². The smallest absolute Gasteiger partial charge is 0.341 e. The SMILES string of the molecule is CCOC(=O)c1c(NC(=O)COc2ccc(Cl)c(C)c2)sc2c1C(C)CCC2. The molecule has 3 rings (SSSR count). The van der Waals surface area contributed by atoms with Gasteiger partial charge >= 0.3 is 5.97 Å². The molecule has 7 heteroatoms. The standard InChI is InChI=1S/C21H24ClNO4S/c1-4-26-21(25)19-18-12(2)6-5-7-16(18)28-20(19)23-17(24)11-27-14-8-9-15(22)13(3)10-14/h8-10,12H,4-7,11H2,1-3H3,(H,23,24). The maximum absolute atomic E-state index is 12.6. The van der Waals surface area contributed by atoms with Crippen LogP contribution in [0.4, 0.5) is 5.00 Å². The Hall–Kier alpha value is -2.05. The molecule has 1 unspecified atom stereocenters. The topological polar surface area (TPSA) is 64.6 Å². The summed E-state index contributed by atoms with van der Waals surface area (Å²) in [6.45, 7) is 5.91. The fraction of sp³-hybridized carbons (Fsp3) is 0.429. The van der Waals surface area contributed by atoms with Crippen LogP contribution < -0.4 is 10.1 Å². The van der Waals surface area contributed by atoms with Crippen LogP contribution in [-0.2, 0) is 16.0 Å². The minimum Gasteiger partial charge on any atom is -0.484 e. The molecule has 0 fully saturated rings. The largest absolute Gasteiger partial charge is 0.484 e. The van der Waals surface area contributed by atoms with E-state index in [2.05, 4.69) is 12.2 Å². The number of aryl methyl sites for hydroxylation is 2. The van der Waals surface area contributed by atoms with Crippen molar-refractivity contribution in [1.82, 2.24) is 0 Å². The van der Waals surface area contributed by atoms with Crippen molar-refractivity contribution >= 4 is 39.8 Å². The molecule has 0 spiro atoms. The Morgan fingerprint density at radius 3 is 2.86 bits per heavy atom. The second kappa shape index (κ2) is 8.97. The summed E-state index contributed by atoms with van der Waals surface area (Å²) in [5, 5.41) is 4.05. The van der Waals surface area contributed by atoms with Crippen LogP contribution in [0.1, 0.15) is 59.0 Å². The lowest BCUT2D eigenvalue weighted by molar-refractivity contribution is -0.118. The predicted octanol–water partition coefficient (Wildman–Crippen LogP) is 5.34. The summed E-state index contributed by atoms with van der Waals surface area (Å²) < 4.78 is 10.8. The number of anilines is 1. The van der Waals surface area contributed by atoms with E-state index in [1.807, 2.05) is 6.92 Å². The van der Waals surface area contributed by atoms with E-state index in [9.17, 15) is 9.59 Å². The van der Waals surface area contributed by atoms with Gasteiger partial charge in [-0.3, -0.25) is 4.79 Å². The van der Waals surface area contributed by atoms with E-state index in [0.29, 0.717) is 27.9 Å². The molecule has 0 saturated heterocycles. The van der Waals surface area contributed by atoms with Gasteiger partial charge in [0.25, 0.3) is 5.91 Å². The number of halogens is 1. The third kappa shape index (κ3) is 4.50. The minimum atomic E-state index is -0.377. The highest BCUT2D eigenvalue weighted by Gasteiger charge is 2.30. The molecule has 1 atom stereocenters. The van der Waals surface area contributed by atoms with E-state index in [0.717, 1.165) is 35.3 Å². The highest BCUT2D eigenvalue weighted by Crippen LogP contribution is 2.43. The van der Waals surface area contributed by atoms with Crippen molar-refractivity contribution in [2.24, 2.45) is 0 Å². The molecule has 1 amide bonds. The summed E-state index contributed by atoms with van der Waals surface area (Å²) in [7, 11) is 0. The number of ether oxygens (including phenoxy) is 2. The lowest BCUT2D eigenvalue weighted by atomic mass is 9.86. The molecule has 1 aliphatic rings. The molecule has 1 aromatic heterocycles. The molecule has 150 valence electrons. The molecule has 1 heterocycles. The van der Waals surface area contributed by atoms with E-state index in [1.54, 1.807) is 25.1 Å². The van der Waals surface area contributed by atoms with Gasteiger partial charge in [0.05, 0.1) is 12.2 Å². The number of benzene rings is 1. The Labute approximate surface area is 174 Å². The molecule has 1 N–H and O–H groups in total. The lowest BCUT2D eigenvalue weighted by Crippen LogP contribution is -2.21. The van der Waals surface area contributed by atoms with Crippen molar-refractivity contribution in [2.45, 2.75) is 46.0 Å². The second-order valence-corrected chi connectivity index (χ2v) is 8.42. The Kier molecular flexibility index (Phi) is 6.62. The van der Waals surface area contributed by atoms with Gasteiger partial charge in [-0.15, -0.1) is 11.3 Å². The molecule has 1 aliphatic carbocycles. The van der Waals surface area contributed by atoms with Crippen LogP contribution in [0.25, 0.3) is 0 Å². The lowest BCUT2D eigenvalue weighted by Gasteiger charge is -2.19. The zero-order chi connectivity index (χ0) is 20.3. The predicted molar refractivity (Wildman–Crippen MR) is 112 cm³/mol. The number of esters is 1. The van der Waals surface area contributed by atoms with Crippen LogP contribution in [0, 0.1) is 6.92 Å². The highest BCUT2D eigenvalue weighted by atomic mass is 35.5. The summed E-state index contributed by atoms with van der Waals surface area (Å²) in [4.78, 5) is 26.2. The number of hydrogen-bond acceptors (Lipinski definition) is 5. The first kappa shape index (κ1) is 20.7. The maximum Gasteiger partial charge on any atom is 0.341 e. The molecular weight excluding hydrogens is 398 g/mol. The van der Waals surface area contributed by atoms with E-state index in [4.69, 9.17) is 21.1 Å². The average Bonchev–Trinajstić information content (AvgIpc) is 3.02. The summed E-state index contributed by atoms with van der Waals surface area (Å²) in [5.74, 6) is 0.155. The second-order valence-electron chi connectivity index (χ2n) is 6.90. The van der Waals surface area contributed by atoms with Gasteiger partial charge in [0, 0.05) is 9.90 Å². The third-order valence-electron chi connectivity index (χ3n) is 4.79. The van der Waals surface area contributed by atoms with E-state index in [-0.39, 0.29) is 24.4 Å². The van der Waals surface area contributed by atoms with Crippen LogP contribution in [0.2, 0.25) is 5.02 Å². The van der Waals surface area contributed by atoms with Crippen molar-refractivity contribution < 1.29 is 19.1 Å². The van der Waals surface area contributed by atoms with Crippen molar-refractivity contribution in [2.75, 3.05) is 18.5 Å². The van der Waals surface area contributed by atoms with Gasteiger partial charge in [0.2, 0.25) is 0 Å². The van der Waals surface area contributed by atoms with Gasteiger partial charge in [-0.05, 0) is 68.4 Å². The first-order chi connectivity index (χ1) is 13.4. The van der Waals surface area contributed by atoms with Crippen molar-refractivity contribution in [1.29, 1.82) is 0 Å². The number of hydrogen-bond donors (Lipinski definition) is 1. The van der Waals surface area contributed by atoms with Crippen LogP contribution in [-0.4, -0.2) is 25.1 Å². The van der Waals surface area contributed by atoms with Crippen LogP contribution >= 0.6 is 22.9 Å². The van der Waals surface area contributed by atoms with Gasteiger partial charge in [0.15, 0.2) is 6.61 Å². The zero-order valence-corrected chi connectivity index (χ0v) is 17.8. The Morgan fingerprint density at radius 1 is 1.36 bits per heavy atom. The quantitative estimate of drug-likeness (QED) is 0.639. The molecule has 0 radical (unpaired) electrons. The summed E-state index contributed by atoms with van der Waals surface area (Å²) in [5.41, 5.74) is 2.41. The molecule has 5 nitrogen and oxygen atoms in total. The number of rotatable bonds is 6. The first-order valence-corrected chi connectivity index (χ1v) is 10.6. The number of carbonyl (C=O) groups excluding carboxylic acids is 2. The highest BCUT2D eigenvalue weighted by molar-refractivity contribution is 7.17. The van der Waals surface area contributed by atoms with Crippen LogP contribution in [0.3, 0.4) is 0 Å². The Morgan fingerprint density at radius 2 is 2.14 bits per heavy atom. The fourth-order valence-corrected chi connectivity index (χ4v) is 4.91. The number of amides is 1. The van der Waals surface area contributed by atoms with E-state index >= 15 is 0 Å². The normalized spacial score (nSPS) is 15.6. The average molecular weight is 422 g/mol. The summed E-state index contributed by atoms with van der Waals surface area (Å²) in [6, 6.07) is 5.24. The number of thiophene rings is 1. The van der Waals surface area contributed by atoms with Gasteiger partial charge in [-0.2, -0.15) is 0 Å². The molecule has 1 aromatic carbocycles. The summed E-state index contributed by atoms with van der Waals surface area (Å²) in [6.07, 6.45) is 3.04. The number of carbonyl (C=O) groups is 2. The fourth-order valence-electron chi connectivity index (χ4n) is 3.42. The van der Waals surface area contributed by atoms with Gasteiger partial charge in [-0.1, -0.05) is 18.5 Å². The Balaban J connectivity index is 1.76. The summed E-state index contributed by atoms with van der Waals surface area (Å²) >= 11 is 7.48. The molecular formula is C21H24ClNO4S. The van der Waals surface area contributed by atoms with Crippen molar-refractivity contribution in [3.63, 3.8) is 0 Å². The zero-order valence-electron chi connectivity index (χ0n) is 16.3. The molecule has 28 heavy (non-hydrogen) atoms. The van der Waals surface area contributed by atoms with Crippen molar-refractivity contribution in [3.8, 4) is 5.75 Å². The molecule has 0 bridgehead atoms. The van der Waals surface area contributed by atoms with Gasteiger partial charge in [0.1, 0.15) is 10.8 Å². The van der Waals surface area contributed by atoms with Crippen LogP contribution in [0.5, 0.6) is 5.75 Å². The maximum atomic E-state index is 12.6. The molecule has 0 aliphatic heterocycles. The van der Waals surface area contributed by atoms with Gasteiger partial charge < -0.3 is 14.8 Å².